The van der Waals surface area contributed by atoms with Gasteiger partial charge < -0.3 is 9.84 Å². The van der Waals surface area contributed by atoms with Crippen LogP contribution in [-0.4, -0.2) is 12.2 Å². The minimum atomic E-state index is 0.372. The molecule has 0 fully saturated rings. The molecule has 0 aliphatic rings. The van der Waals surface area contributed by atoms with E-state index in [-0.39, 0.29) is 0 Å². The fraction of sp³-hybridized carbons (Fsp3) is 0.0909. The zero-order valence-corrected chi connectivity index (χ0v) is 9.61. The highest BCUT2D eigenvalue weighted by Crippen LogP contribution is 2.46. The van der Waals surface area contributed by atoms with Crippen molar-refractivity contribution < 1.29 is 9.84 Å². The number of hydrogen-bond acceptors (Lipinski definition) is 4. The second-order valence-electron chi connectivity index (χ2n) is 3.21. The number of ether oxygens (including phenoxy) is 1. The standard InChI is InChI=1S/C11H8O2S2/c1-13-9-7-3-5-14-10(7)8(12)6-2-4-15-11(6)9/h2-5,12H,1H3. The van der Waals surface area contributed by atoms with Gasteiger partial charge >= 0.3 is 0 Å². The second kappa shape index (κ2) is 3.12. The Morgan fingerprint density at radius 3 is 2.47 bits per heavy atom. The van der Waals surface area contributed by atoms with Gasteiger partial charge in [0.05, 0.1) is 16.5 Å². The van der Waals surface area contributed by atoms with Crippen LogP contribution >= 0.6 is 22.7 Å². The van der Waals surface area contributed by atoms with Crippen LogP contribution in [0.5, 0.6) is 11.5 Å². The molecule has 0 bridgehead atoms. The monoisotopic (exact) mass is 236 g/mol. The first-order chi connectivity index (χ1) is 7.33. The predicted octanol–water partition coefficient (Wildman–Crippen LogP) is 3.83. The van der Waals surface area contributed by atoms with Crippen LogP contribution < -0.4 is 4.74 Å². The van der Waals surface area contributed by atoms with E-state index in [1.165, 1.54) is 11.3 Å². The van der Waals surface area contributed by atoms with E-state index in [2.05, 4.69) is 0 Å². The fourth-order valence-corrected chi connectivity index (χ4v) is 3.57. The van der Waals surface area contributed by atoms with Crippen LogP contribution in [0.4, 0.5) is 0 Å². The maximum Gasteiger partial charge on any atom is 0.145 e. The summed E-state index contributed by atoms with van der Waals surface area (Å²) in [4.78, 5) is 0. The number of fused-ring (bicyclic) bond motifs is 2. The molecular formula is C11H8O2S2. The largest absolute Gasteiger partial charge is 0.506 e. The van der Waals surface area contributed by atoms with Crippen molar-refractivity contribution in [2.24, 2.45) is 0 Å². The van der Waals surface area contributed by atoms with E-state index in [1.807, 2.05) is 22.9 Å². The number of hydrogen-bond donors (Lipinski definition) is 1. The molecule has 0 amide bonds. The van der Waals surface area contributed by atoms with Gasteiger partial charge in [-0.05, 0) is 22.9 Å². The van der Waals surface area contributed by atoms with Crippen molar-refractivity contribution in [3.63, 3.8) is 0 Å². The summed E-state index contributed by atoms with van der Waals surface area (Å²) in [6.45, 7) is 0. The zero-order chi connectivity index (χ0) is 10.4. The quantitative estimate of drug-likeness (QED) is 0.695. The molecule has 2 aromatic heterocycles. The smallest absolute Gasteiger partial charge is 0.145 e. The summed E-state index contributed by atoms with van der Waals surface area (Å²) in [5.74, 6) is 1.24. The van der Waals surface area contributed by atoms with E-state index in [4.69, 9.17) is 4.74 Å². The molecule has 0 aliphatic heterocycles. The second-order valence-corrected chi connectivity index (χ2v) is 5.04. The maximum absolute atomic E-state index is 10.1. The Morgan fingerprint density at radius 1 is 1.07 bits per heavy atom. The first-order valence-corrected chi connectivity index (χ1v) is 6.22. The van der Waals surface area contributed by atoms with E-state index in [9.17, 15) is 5.11 Å². The van der Waals surface area contributed by atoms with Crippen LogP contribution in [0.1, 0.15) is 0 Å². The van der Waals surface area contributed by atoms with Gasteiger partial charge in [-0.3, -0.25) is 0 Å². The molecule has 3 aromatic rings. The van der Waals surface area contributed by atoms with Gasteiger partial charge in [-0.1, -0.05) is 0 Å². The number of aromatic hydroxyl groups is 1. The molecule has 4 heteroatoms. The van der Waals surface area contributed by atoms with Gasteiger partial charge in [0.15, 0.2) is 0 Å². The number of benzene rings is 1. The Hall–Kier alpha value is -1.26. The summed E-state index contributed by atoms with van der Waals surface area (Å²) in [5, 5.41) is 15.9. The van der Waals surface area contributed by atoms with E-state index in [0.29, 0.717) is 5.75 Å². The minimum absolute atomic E-state index is 0.372. The third-order valence-electron chi connectivity index (χ3n) is 2.46. The molecular weight excluding hydrogens is 228 g/mol. The number of methoxy groups -OCH3 is 1. The van der Waals surface area contributed by atoms with Crippen molar-refractivity contribution in [1.29, 1.82) is 0 Å². The summed E-state index contributed by atoms with van der Waals surface area (Å²) in [7, 11) is 1.67. The number of thiophene rings is 2. The highest BCUT2D eigenvalue weighted by molar-refractivity contribution is 7.19. The van der Waals surface area contributed by atoms with Crippen molar-refractivity contribution in [2.45, 2.75) is 0 Å². The van der Waals surface area contributed by atoms with E-state index < -0.39 is 0 Å². The van der Waals surface area contributed by atoms with E-state index in [1.54, 1.807) is 18.4 Å². The van der Waals surface area contributed by atoms with Gasteiger partial charge in [0, 0.05) is 10.8 Å². The maximum atomic E-state index is 10.1. The van der Waals surface area contributed by atoms with Gasteiger partial charge in [-0.25, -0.2) is 0 Å². The first-order valence-electron chi connectivity index (χ1n) is 4.46. The summed E-state index contributed by atoms with van der Waals surface area (Å²) in [5.41, 5.74) is 0. The highest BCUT2D eigenvalue weighted by atomic mass is 32.1. The van der Waals surface area contributed by atoms with Crippen LogP contribution in [0.3, 0.4) is 0 Å². The molecule has 0 radical (unpaired) electrons. The summed E-state index contributed by atoms with van der Waals surface area (Å²) >= 11 is 3.13. The Morgan fingerprint density at radius 2 is 1.73 bits per heavy atom. The van der Waals surface area contributed by atoms with Crippen molar-refractivity contribution >= 4 is 42.8 Å². The molecule has 2 heterocycles. The number of phenolic OH excluding ortho intramolecular Hbond substituents is 1. The zero-order valence-electron chi connectivity index (χ0n) is 7.98. The lowest BCUT2D eigenvalue weighted by Crippen LogP contribution is -1.83. The molecule has 0 saturated carbocycles. The molecule has 76 valence electrons. The molecule has 1 N–H and O–H groups in total. The van der Waals surface area contributed by atoms with Crippen LogP contribution in [-0.2, 0) is 0 Å². The van der Waals surface area contributed by atoms with Gasteiger partial charge in [-0.2, -0.15) is 0 Å². The van der Waals surface area contributed by atoms with Gasteiger partial charge in [0.25, 0.3) is 0 Å². The third-order valence-corrected chi connectivity index (χ3v) is 4.29. The van der Waals surface area contributed by atoms with Gasteiger partial charge in [0.2, 0.25) is 0 Å². The van der Waals surface area contributed by atoms with E-state index >= 15 is 0 Å². The van der Waals surface area contributed by atoms with Gasteiger partial charge in [0.1, 0.15) is 11.5 Å². The summed E-state index contributed by atoms with van der Waals surface area (Å²) < 4.78 is 7.33. The molecule has 0 spiro atoms. The van der Waals surface area contributed by atoms with Crippen LogP contribution in [0.15, 0.2) is 22.9 Å². The Bertz CT molecular complexity index is 585. The van der Waals surface area contributed by atoms with Gasteiger partial charge in [-0.15, -0.1) is 22.7 Å². The average Bonchev–Trinajstić information content (AvgIpc) is 2.85. The van der Waals surface area contributed by atoms with Crippen molar-refractivity contribution in [3.05, 3.63) is 22.9 Å². The Balaban J connectivity index is 2.64. The van der Waals surface area contributed by atoms with Crippen LogP contribution in [0.25, 0.3) is 20.2 Å². The fourth-order valence-electron chi connectivity index (χ4n) is 1.79. The third kappa shape index (κ3) is 1.09. The summed E-state index contributed by atoms with van der Waals surface area (Å²) in [6.07, 6.45) is 0. The van der Waals surface area contributed by atoms with Crippen LogP contribution in [0.2, 0.25) is 0 Å². The minimum Gasteiger partial charge on any atom is -0.506 e. The average molecular weight is 236 g/mol. The summed E-state index contributed by atoms with van der Waals surface area (Å²) in [6, 6.07) is 3.91. The molecule has 0 saturated heterocycles. The Labute approximate surface area is 94.3 Å². The van der Waals surface area contributed by atoms with Crippen molar-refractivity contribution in [1.82, 2.24) is 0 Å². The topological polar surface area (TPSA) is 29.5 Å². The SMILES string of the molecule is COc1c2ccsc2c(O)c2ccsc12. The Kier molecular flexibility index (Phi) is 1.87. The normalized spacial score (nSPS) is 11.3. The lowest BCUT2D eigenvalue weighted by Gasteiger charge is -2.05. The van der Waals surface area contributed by atoms with Crippen LogP contribution in [0, 0.1) is 0 Å². The van der Waals surface area contributed by atoms with Crippen molar-refractivity contribution in [3.8, 4) is 11.5 Å². The predicted molar refractivity (Wildman–Crippen MR) is 65.4 cm³/mol. The first kappa shape index (κ1) is 9.00. The molecule has 15 heavy (non-hydrogen) atoms. The highest BCUT2D eigenvalue weighted by Gasteiger charge is 2.15. The molecule has 0 atom stereocenters. The molecule has 0 aliphatic carbocycles. The van der Waals surface area contributed by atoms with Crippen molar-refractivity contribution in [2.75, 3.05) is 7.11 Å². The van der Waals surface area contributed by atoms with E-state index in [0.717, 1.165) is 25.9 Å². The molecule has 0 unspecified atom stereocenters. The molecule has 3 rings (SSSR count). The number of rotatable bonds is 1. The molecule has 1 aromatic carbocycles. The lowest BCUT2D eigenvalue weighted by atomic mass is 10.2. The number of phenols is 1. The lowest BCUT2D eigenvalue weighted by molar-refractivity contribution is 0.424. The molecule has 2 nitrogen and oxygen atoms in total.